The first-order valence-electron chi connectivity index (χ1n) is 14.4. The van der Waals surface area contributed by atoms with E-state index in [0.717, 1.165) is 55.6 Å². The van der Waals surface area contributed by atoms with Crippen molar-refractivity contribution in [3.8, 4) is 17.9 Å². The van der Waals surface area contributed by atoms with Gasteiger partial charge in [-0.15, -0.1) is 0 Å². The van der Waals surface area contributed by atoms with Gasteiger partial charge in [0.05, 0.1) is 29.4 Å². The number of hydrogen-bond acceptors (Lipinski definition) is 8. The SMILES string of the molecule is CN(C)C/C=C/C(=O)N1CCC[C@H]1C(=O)CC1CC(C#Cc2cnc(Nc3ccc(C#N)cc3)nc2NC2CC2)C1. The lowest BCUT2D eigenvalue weighted by Crippen LogP contribution is -2.41. The van der Waals surface area contributed by atoms with Gasteiger partial charge in [0, 0.05) is 43.2 Å². The molecule has 2 saturated carbocycles. The average molecular weight is 552 g/mol. The molecule has 1 aromatic carbocycles. The lowest BCUT2D eigenvalue weighted by Gasteiger charge is -2.33. The van der Waals surface area contributed by atoms with Gasteiger partial charge in [0.25, 0.3) is 0 Å². The quantitative estimate of drug-likeness (QED) is 0.335. The van der Waals surface area contributed by atoms with Crippen LogP contribution in [-0.2, 0) is 9.59 Å². The number of aromatic nitrogens is 2. The number of nitriles is 1. The van der Waals surface area contributed by atoms with Crippen LogP contribution in [0, 0.1) is 35.0 Å². The predicted octanol–water partition coefficient (Wildman–Crippen LogP) is 4.11. The molecule has 41 heavy (non-hydrogen) atoms. The molecular weight excluding hydrogens is 514 g/mol. The highest BCUT2D eigenvalue weighted by Crippen LogP contribution is 2.37. The summed E-state index contributed by atoms with van der Waals surface area (Å²) in [5, 5.41) is 15.7. The summed E-state index contributed by atoms with van der Waals surface area (Å²) in [6.07, 6.45) is 11.4. The Morgan fingerprint density at radius 1 is 1.17 bits per heavy atom. The van der Waals surface area contributed by atoms with Crippen LogP contribution in [0.1, 0.15) is 56.1 Å². The third-order valence-corrected chi connectivity index (χ3v) is 7.75. The van der Waals surface area contributed by atoms with Gasteiger partial charge < -0.3 is 20.4 Å². The Morgan fingerprint density at radius 2 is 1.95 bits per heavy atom. The van der Waals surface area contributed by atoms with E-state index in [1.54, 1.807) is 29.3 Å². The van der Waals surface area contributed by atoms with Crippen LogP contribution in [0.5, 0.6) is 0 Å². The van der Waals surface area contributed by atoms with Gasteiger partial charge in [-0.25, -0.2) is 4.98 Å². The second kappa shape index (κ2) is 13.0. The molecule has 1 atom stereocenters. The Kier molecular flexibility index (Phi) is 8.96. The molecule has 1 amide bonds. The number of anilines is 3. The largest absolute Gasteiger partial charge is 0.366 e. The minimum Gasteiger partial charge on any atom is -0.366 e. The van der Waals surface area contributed by atoms with Crippen molar-refractivity contribution in [3.63, 3.8) is 0 Å². The molecule has 0 bridgehead atoms. The third kappa shape index (κ3) is 7.71. The van der Waals surface area contributed by atoms with Crippen molar-refractivity contribution in [1.29, 1.82) is 5.26 Å². The van der Waals surface area contributed by atoms with Crippen LogP contribution in [0.3, 0.4) is 0 Å². The van der Waals surface area contributed by atoms with E-state index in [0.29, 0.717) is 43.0 Å². The van der Waals surface area contributed by atoms with Gasteiger partial charge >= 0.3 is 0 Å². The van der Waals surface area contributed by atoms with Crippen LogP contribution in [0.4, 0.5) is 17.5 Å². The number of ketones is 1. The van der Waals surface area contributed by atoms with Crippen molar-refractivity contribution >= 4 is 29.1 Å². The number of nitrogens with zero attached hydrogens (tertiary/aromatic N) is 5. The molecule has 2 aromatic rings. The topological polar surface area (TPSA) is 114 Å². The molecule has 3 fully saturated rings. The highest BCUT2D eigenvalue weighted by atomic mass is 16.2. The second-order valence-corrected chi connectivity index (χ2v) is 11.5. The number of amides is 1. The Hall–Kier alpha value is -4.21. The van der Waals surface area contributed by atoms with Crippen LogP contribution in [0.2, 0.25) is 0 Å². The third-order valence-electron chi connectivity index (χ3n) is 7.75. The number of likely N-dealkylation sites (tertiary alicyclic amines) is 1. The van der Waals surface area contributed by atoms with E-state index in [-0.39, 0.29) is 23.7 Å². The van der Waals surface area contributed by atoms with Gasteiger partial charge in [-0.05, 0) is 82.8 Å². The molecule has 2 aliphatic carbocycles. The molecule has 212 valence electrons. The normalized spacial score (nSPS) is 21.6. The highest BCUT2D eigenvalue weighted by Gasteiger charge is 2.37. The molecule has 1 aliphatic heterocycles. The maximum absolute atomic E-state index is 13.1. The molecule has 9 nitrogen and oxygen atoms in total. The summed E-state index contributed by atoms with van der Waals surface area (Å²) in [6, 6.07) is 9.39. The fourth-order valence-corrected chi connectivity index (χ4v) is 5.27. The number of rotatable bonds is 10. The standard InChI is InChI=1S/C32H37N7O2/c1-38(2)15-4-6-30(41)39-16-3-5-28(39)29(40)19-24-17-23(18-24)7-10-25-21-34-32(37-31(25)35-26-13-14-26)36-27-11-8-22(20-33)9-12-27/h4,6,8-9,11-12,21,23-24,26,28H,3,5,13-19H2,1-2H3,(H2,34,35,36,37)/b6-4+/t23?,24?,28-/m0/s1. The van der Waals surface area contributed by atoms with Crippen LogP contribution in [-0.4, -0.2) is 70.7 Å². The molecule has 0 unspecified atom stereocenters. The fourth-order valence-electron chi connectivity index (χ4n) is 5.27. The first-order valence-corrected chi connectivity index (χ1v) is 14.4. The Bertz CT molecular complexity index is 1390. The van der Waals surface area contributed by atoms with Gasteiger partial charge in [0.2, 0.25) is 11.9 Å². The summed E-state index contributed by atoms with van der Waals surface area (Å²) in [5.41, 5.74) is 2.17. The smallest absolute Gasteiger partial charge is 0.246 e. The van der Waals surface area contributed by atoms with E-state index in [2.05, 4.69) is 38.5 Å². The molecule has 0 spiro atoms. The molecule has 1 saturated heterocycles. The van der Waals surface area contributed by atoms with Gasteiger partial charge in [0.1, 0.15) is 5.82 Å². The summed E-state index contributed by atoms with van der Waals surface area (Å²) >= 11 is 0. The Balaban J connectivity index is 1.15. The summed E-state index contributed by atoms with van der Waals surface area (Å²) in [6.45, 7) is 1.36. The van der Waals surface area contributed by atoms with Crippen LogP contribution < -0.4 is 10.6 Å². The zero-order valence-electron chi connectivity index (χ0n) is 23.8. The molecule has 3 aliphatic rings. The first-order chi connectivity index (χ1) is 19.9. The second-order valence-electron chi connectivity index (χ2n) is 11.5. The minimum atomic E-state index is -0.291. The zero-order valence-corrected chi connectivity index (χ0v) is 23.8. The van der Waals surface area contributed by atoms with Crippen molar-refractivity contribution < 1.29 is 9.59 Å². The van der Waals surface area contributed by atoms with Crippen molar-refractivity contribution in [2.75, 3.05) is 37.8 Å². The Labute approximate surface area is 242 Å². The van der Waals surface area contributed by atoms with Crippen LogP contribution in [0.15, 0.2) is 42.6 Å². The van der Waals surface area contributed by atoms with E-state index in [1.807, 2.05) is 37.2 Å². The molecule has 0 radical (unpaired) electrons. The summed E-state index contributed by atoms with van der Waals surface area (Å²) in [7, 11) is 3.91. The minimum absolute atomic E-state index is 0.0593. The number of hydrogen-bond donors (Lipinski definition) is 2. The fraction of sp³-hybridized carbons (Fsp3) is 0.469. The van der Waals surface area contributed by atoms with E-state index >= 15 is 0 Å². The maximum atomic E-state index is 13.1. The number of likely N-dealkylation sites (N-methyl/N-ethyl adjacent to an activating group) is 1. The van der Waals surface area contributed by atoms with Gasteiger partial charge in [-0.3, -0.25) is 9.59 Å². The number of carbonyl (C=O) groups is 2. The molecule has 2 heterocycles. The van der Waals surface area contributed by atoms with Crippen LogP contribution in [0.25, 0.3) is 0 Å². The summed E-state index contributed by atoms with van der Waals surface area (Å²) in [5.74, 6) is 8.54. The molecule has 2 N–H and O–H groups in total. The van der Waals surface area contributed by atoms with Gasteiger partial charge in [-0.2, -0.15) is 10.2 Å². The van der Waals surface area contributed by atoms with Gasteiger partial charge in [-0.1, -0.05) is 17.9 Å². The maximum Gasteiger partial charge on any atom is 0.246 e. The van der Waals surface area contributed by atoms with Crippen molar-refractivity contribution in [2.45, 2.75) is 57.0 Å². The first kappa shape index (κ1) is 28.3. The molecule has 5 rings (SSSR count). The molecule has 9 heteroatoms. The average Bonchev–Trinajstić information content (AvgIpc) is 3.61. The lowest BCUT2D eigenvalue weighted by atomic mass is 9.72. The van der Waals surface area contributed by atoms with Crippen LogP contribution >= 0.6 is 0 Å². The van der Waals surface area contributed by atoms with Crippen molar-refractivity contribution in [1.82, 2.24) is 19.8 Å². The summed E-state index contributed by atoms with van der Waals surface area (Å²) in [4.78, 5) is 38.6. The number of nitrogens with one attached hydrogen (secondary N) is 2. The molecular formula is C32H37N7O2. The number of benzene rings is 1. The molecule has 1 aromatic heterocycles. The van der Waals surface area contributed by atoms with Gasteiger partial charge in [0.15, 0.2) is 5.78 Å². The number of Topliss-reactive ketones (excluding diaryl/α,β-unsaturated/α-hetero) is 1. The lowest BCUT2D eigenvalue weighted by molar-refractivity contribution is -0.134. The Morgan fingerprint density at radius 3 is 2.66 bits per heavy atom. The monoisotopic (exact) mass is 551 g/mol. The van der Waals surface area contributed by atoms with E-state index in [4.69, 9.17) is 5.26 Å². The van der Waals surface area contributed by atoms with E-state index < -0.39 is 0 Å². The van der Waals surface area contributed by atoms with Crippen molar-refractivity contribution in [3.05, 3.63) is 53.7 Å². The highest BCUT2D eigenvalue weighted by molar-refractivity contribution is 5.94. The van der Waals surface area contributed by atoms with E-state index in [1.165, 1.54) is 0 Å². The zero-order chi connectivity index (χ0) is 28.8. The summed E-state index contributed by atoms with van der Waals surface area (Å²) < 4.78 is 0. The predicted molar refractivity (Wildman–Crippen MR) is 158 cm³/mol. The van der Waals surface area contributed by atoms with E-state index in [9.17, 15) is 9.59 Å². The number of carbonyl (C=O) groups excluding carboxylic acids is 2. The van der Waals surface area contributed by atoms with Crippen molar-refractivity contribution in [2.24, 2.45) is 11.8 Å².